The predicted octanol–water partition coefficient (Wildman–Crippen LogP) is 5.14. The highest BCUT2D eigenvalue weighted by molar-refractivity contribution is 5.86. The fraction of sp³-hybridized carbons (Fsp3) is 0.579. The van der Waals surface area contributed by atoms with Gasteiger partial charge in [-0.3, -0.25) is 0 Å². The van der Waals surface area contributed by atoms with Crippen molar-refractivity contribution in [2.24, 2.45) is 0 Å². The molecule has 0 saturated carbocycles. The Kier molecular flexibility index (Phi) is 4.21. The molecule has 0 bridgehead atoms. The second-order valence-electron chi connectivity index (χ2n) is 7.94. The molecule has 1 aromatic carbocycles. The fourth-order valence-electron chi connectivity index (χ4n) is 2.57. The maximum absolute atomic E-state index is 5.93. The van der Waals surface area contributed by atoms with Crippen LogP contribution in [-0.2, 0) is 17.4 Å². The van der Waals surface area contributed by atoms with Crippen LogP contribution in [0.5, 0.6) is 0 Å². The first-order valence-corrected chi connectivity index (χ1v) is 7.90. The van der Waals surface area contributed by atoms with Crippen molar-refractivity contribution in [3.63, 3.8) is 0 Å². The second-order valence-corrected chi connectivity index (χ2v) is 7.94. The zero-order chi connectivity index (χ0) is 15.8. The summed E-state index contributed by atoms with van der Waals surface area (Å²) in [4.78, 5) is 0. The summed E-state index contributed by atoms with van der Waals surface area (Å²) in [5.74, 6) is 0. The van der Waals surface area contributed by atoms with E-state index >= 15 is 0 Å². The first kappa shape index (κ1) is 16.1. The quantitative estimate of drug-likeness (QED) is 0.845. The molecule has 1 aromatic heterocycles. The van der Waals surface area contributed by atoms with E-state index < -0.39 is 0 Å². The van der Waals surface area contributed by atoms with Crippen molar-refractivity contribution in [2.45, 2.75) is 65.8 Å². The lowest BCUT2D eigenvalue weighted by atomic mass is 9.79. The monoisotopic (exact) mass is 287 g/mol. The molecular weight excluding hydrogens is 258 g/mol. The third kappa shape index (κ3) is 3.32. The Balaban J connectivity index is 2.69. The van der Waals surface area contributed by atoms with Crippen LogP contribution in [0.2, 0.25) is 0 Å². The predicted molar refractivity (Wildman–Crippen MR) is 91.0 cm³/mol. The minimum absolute atomic E-state index is 0.0762. The Hall–Kier alpha value is -1.28. The summed E-state index contributed by atoms with van der Waals surface area (Å²) in [5.41, 5.74) is 5.19. The minimum Gasteiger partial charge on any atom is -0.464 e. The molecule has 2 heteroatoms. The molecule has 21 heavy (non-hydrogen) atoms. The van der Waals surface area contributed by atoms with Crippen LogP contribution in [0.3, 0.4) is 0 Å². The molecule has 2 rings (SSSR count). The molecule has 116 valence electrons. The molecule has 1 heterocycles. The highest BCUT2D eigenvalue weighted by atomic mass is 16.3. The lowest BCUT2D eigenvalue weighted by Gasteiger charge is -2.25. The normalized spacial score (nSPS) is 13.1. The van der Waals surface area contributed by atoms with Crippen LogP contribution in [0, 0.1) is 0 Å². The summed E-state index contributed by atoms with van der Waals surface area (Å²) in [5, 5.41) is 4.66. The molecule has 0 atom stereocenters. The van der Waals surface area contributed by atoms with E-state index in [1.54, 1.807) is 0 Å². The van der Waals surface area contributed by atoms with Crippen LogP contribution < -0.4 is 5.32 Å². The molecule has 0 fully saturated rings. The number of rotatable bonds is 3. The van der Waals surface area contributed by atoms with E-state index in [4.69, 9.17) is 4.42 Å². The first-order chi connectivity index (χ1) is 9.64. The third-order valence-electron chi connectivity index (χ3n) is 3.99. The summed E-state index contributed by atoms with van der Waals surface area (Å²) in [6, 6.07) is 4.63. The smallest absolute Gasteiger partial charge is 0.137 e. The number of fused-ring (bicyclic) bond motifs is 1. The summed E-state index contributed by atoms with van der Waals surface area (Å²) >= 11 is 0. The van der Waals surface area contributed by atoms with Crippen LogP contribution in [0.15, 0.2) is 22.8 Å². The van der Waals surface area contributed by atoms with Crippen molar-refractivity contribution < 1.29 is 4.42 Å². The van der Waals surface area contributed by atoms with Crippen LogP contribution in [-0.4, -0.2) is 6.54 Å². The third-order valence-corrected chi connectivity index (χ3v) is 3.99. The van der Waals surface area contributed by atoms with Crippen LogP contribution in [0.1, 0.15) is 65.2 Å². The molecule has 0 aliphatic rings. The van der Waals surface area contributed by atoms with Crippen molar-refractivity contribution in [1.29, 1.82) is 0 Å². The molecule has 0 radical (unpaired) electrons. The van der Waals surface area contributed by atoms with Gasteiger partial charge in [-0.25, -0.2) is 0 Å². The van der Waals surface area contributed by atoms with E-state index in [1.807, 2.05) is 6.26 Å². The molecule has 0 aliphatic heterocycles. The molecule has 2 nitrogen and oxygen atoms in total. The maximum Gasteiger partial charge on any atom is 0.137 e. The average molecular weight is 287 g/mol. The standard InChI is InChI=1S/C19H29NO/c1-8-20-11-13-12-21-17-15(13)9-14(18(2,3)4)10-16(17)19(5,6)7/h9-10,12,20H,8,11H2,1-7H3. The van der Waals surface area contributed by atoms with Crippen LogP contribution in [0.25, 0.3) is 11.0 Å². The second kappa shape index (κ2) is 5.49. The van der Waals surface area contributed by atoms with Gasteiger partial charge in [-0.05, 0) is 29.0 Å². The van der Waals surface area contributed by atoms with Gasteiger partial charge in [0.15, 0.2) is 0 Å². The number of nitrogens with one attached hydrogen (secondary N) is 1. The van der Waals surface area contributed by atoms with Crippen molar-refractivity contribution >= 4 is 11.0 Å². The van der Waals surface area contributed by atoms with Gasteiger partial charge in [-0.2, -0.15) is 0 Å². The Bertz CT molecular complexity index is 623. The first-order valence-electron chi connectivity index (χ1n) is 7.90. The average Bonchev–Trinajstić information content (AvgIpc) is 2.75. The molecule has 1 N–H and O–H groups in total. The lowest BCUT2D eigenvalue weighted by Crippen LogP contribution is -2.17. The van der Waals surface area contributed by atoms with Gasteiger partial charge in [0.25, 0.3) is 0 Å². The Morgan fingerprint density at radius 3 is 2.19 bits per heavy atom. The molecule has 0 saturated heterocycles. The van der Waals surface area contributed by atoms with Crippen molar-refractivity contribution in [2.75, 3.05) is 6.54 Å². The molecular formula is C19H29NO. The van der Waals surface area contributed by atoms with Crippen molar-refractivity contribution in [1.82, 2.24) is 5.32 Å². The van der Waals surface area contributed by atoms with E-state index in [1.165, 1.54) is 22.1 Å². The van der Waals surface area contributed by atoms with E-state index in [0.717, 1.165) is 18.7 Å². The number of furan rings is 1. The lowest BCUT2D eigenvalue weighted by molar-refractivity contribution is 0.548. The zero-order valence-electron chi connectivity index (χ0n) is 14.6. The summed E-state index contributed by atoms with van der Waals surface area (Å²) < 4.78 is 5.93. The minimum atomic E-state index is 0.0762. The molecule has 0 amide bonds. The number of hydrogen-bond donors (Lipinski definition) is 1. The molecule has 0 unspecified atom stereocenters. The van der Waals surface area contributed by atoms with Gasteiger partial charge in [0, 0.05) is 23.1 Å². The highest BCUT2D eigenvalue weighted by Crippen LogP contribution is 2.37. The summed E-state index contributed by atoms with van der Waals surface area (Å²) in [6.45, 7) is 17.5. The number of benzene rings is 1. The van der Waals surface area contributed by atoms with Crippen molar-refractivity contribution in [3.8, 4) is 0 Å². The Morgan fingerprint density at radius 1 is 1.00 bits per heavy atom. The van der Waals surface area contributed by atoms with Gasteiger partial charge in [0.1, 0.15) is 5.58 Å². The highest BCUT2D eigenvalue weighted by Gasteiger charge is 2.24. The van der Waals surface area contributed by atoms with Gasteiger partial charge in [0.2, 0.25) is 0 Å². The zero-order valence-corrected chi connectivity index (χ0v) is 14.6. The van der Waals surface area contributed by atoms with E-state index in [-0.39, 0.29) is 10.8 Å². The molecule has 0 aliphatic carbocycles. The van der Waals surface area contributed by atoms with E-state index in [9.17, 15) is 0 Å². The largest absolute Gasteiger partial charge is 0.464 e. The van der Waals surface area contributed by atoms with Crippen LogP contribution >= 0.6 is 0 Å². The SMILES string of the molecule is CCNCc1coc2c(C(C)(C)C)cc(C(C)(C)C)cc12. The van der Waals surface area contributed by atoms with Crippen molar-refractivity contribution in [3.05, 3.63) is 35.1 Å². The van der Waals surface area contributed by atoms with Gasteiger partial charge in [-0.1, -0.05) is 54.5 Å². The fourth-order valence-corrected chi connectivity index (χ4v) is 2.57. The topological polar surface area (TPSA) is 25.2 Å². The van der Waals surface area contributed by atoms with Crippen LogP contribution in [0.4, 0.5) is 0 Å². The van der Waals surface area contributed by atoms with Gasteiger partial charge < -0.3 is 9.73 Å². The van der Waals surface area contributed by atoms with E-state index in [2.05, 4.69) is 65.9 Å². The van der Waals surface area contributed by atoms with E-state index in [0.29, 0.717) is 0 Å². The number of hydrogen-bond acceptors (Lipinski definition) is 2. The van der Waals surface area contributed by atoms with Gasteiger partial charge in [0.05, 0.1) is 6.26 Å². The summed E-state index contributed by atoms with van der Waals surface area (Å²) in [6.07, 6.45) is 1.91. The summed E-state index contributed by atoms with van der Waals surface area (Å²) in [7, 11) is 0. The Labute approximate surface area is 128 Å². The van der Waals surface area contributed by atoms with Gasteiger partial charge >= 0.3 is 0 Å². The molecule has 0 spiro atoms. The Morgan fingerprint density at radius 2 is 1.67 bits per heavy atom. The molecule has 2 aromatic rings. The maximum atomic E-state index is 5.93. The van der Waals surface area contributed by atoms with Gasteiger partial charge in [-0.15, -0.1) is 0 Å².